The molecule has 3 N–H and O–H groups in total. The number of phenolic OH excluding ortho intramolecular Hbond substituents is 1. The first-order valence-electron chi connectivity index (χ1n) is 8.26. The molecular formula is C19H24ClN3O2. The Kier molecular flexibility index (Phi) is 7.41. The Balaban J connectivity index is 1.97. The van der Waals surface area contributed by atoms with Crippen LogP contribution in [-0.4, -0.2) is 31.3 Å². The number of nitrogens with zero attached hydrogens (tertiary/aromatic N) is 1. The van der Waals surface area contributed by atoms with Crippen LogP contribution in [0, 0.1) is 0 Å². The second-order valence-corrected chi connectivity index (χ2v) is 5.84. The SMILES string of the molecule is CCNC(=NCc1cccc(OC)c1O)NCCc1ccccc1Cl. The number of hydrogen-bond donors (Lipinski definition) is 3. The van der Waals surface area contributed by atoms with Gasteiger partial charge in [-0.15, -0.1) is 0 Å². The number of ether oxygens (including phenoxy) is 1. The number of phenols is 1. The summed E-state index contributed by atoms with van der Waals surface area (Å²) in [5.41, 5.74) is 1.81. The summed E-state index contributed by atoms with van der Waals surface area (Å²) in [5.74, 6) is 1.27. The second-order valence-electron chi connectivity index (χ2n) is 5.43. The molecule has 0 aliphatic rings. The Morgan fingerprint density at radius 1 is 1.12 bits per heavy atom. The Hall–Kier alpha value is -2.40. The average Bonchev–Trinajstić information content (AvgIpc) is 2.62. The Morgan fingerprint density at radius 3 is 2.60 bits per heavy atom. The predicted octanol–water partition coefficient (Wildman–Crippen LogP) is 3.35. The molecule has 0 aromatic heterocycles. The lowest BCUT2D eigenvalue weighted by Crippen LogP contribution is -2.38. The number of benzene rings is 2. The Bertz CT molecular complexity index is 720. The maximum Gasteiger partial charge on any atom is 0.191 e. The molecule has 0 radical (unpaired) electrons. The minimum Gasteiger partial charge on any atom is -0.504 e. The Labute approximate surface area is 153 Å². The summed E-state index contributed by atoms with van der Waals surface area (Å²) in [4.78, 5) is 4.52. The largest absolute Gasteiger partial charge is 0.504 e. The summed E-state index contributed by atoms with van der Waals surface area (Å²) in [6.07, 6.45) is 0.800. The first-order valence-corrected chi connectivity index (χ1v) is 8.64. The monoisotopic (exact) mass is 361 g/mol. The van der Waals surface area contributed by atoms with Crippen LogP contribution in [-0.2, 0) is 13.0 Å². The zero-order chi connectivity index (χ0) is 18.1. The molecule has 134 valence electrons. The van der Waals surface area contributed by atoms with Crippen molar-refractivity contribution in [1.29, 1.82) is 0 Å². The molecule has 5 nitrogen and oxygen atoms in total. The van der Waals surface area contributed by atoms with Gasteiger partial charge in [-0.3, -0.25) is 0 Å². The van der Waals surface area contributed by atoms with Crippen molar-refractivity contribution in [2.75, 3.05) is 20.2 Å². The molecule has 0 unspecified atom stereocenters. The fourth-order valence-corrected chi connectivity index (χ4v) is 2.61. The molecule has 0 fully saturated rings. The van der Waals surface area contributed by atoms with Crippen molar-refractivity contribution in [2.24, 2.45) is 4.99 Å². The van der Waals surface area contributed by atoms with Crippen molar-refractivity contribution in [3.05, 3.63) is 58.6 Å². The summed E-state index contributed by atoms with van der Waals surface area (Å²) in [5, 5.41) is 17.4. The van der Waals surface area contributed by atoms with Crippen LogP contribution in [0.1, 0.15) is 18.1 Å². The third kappa shape index (κ3) is 5.57. The van der Waals surface area contributed by atoms with Gasteiger partial charge in [0.05, 0.1) is 13.7 Å². The fraction of sp³-hybridized carbons (Fsp3) is 0.316. The van der Waals surface area contributed by atoms with Crippen molar-refractivity contribution < 1.29 is 9.84 Å². The van der Waals surface area contributed by atoms with E-state index in [9.17, 15) is 5.11 Å². The van der Waals surface area contributed by atoms with Crippen molar-refractivity contribution in [3.63, 3.8) is 0 Å². The van der Waals surface area contributed by atoms with Crippen molar-refractivity contribution in [3.8, 4) is 11.5 Å². The van der Waals surface area contributed by atoms with E-state index in [2.05, 4.69) is 15.6 Å². The number of aromatic hydroxyl groups is 1. The van der Waals surface area contributed by atoms with Crippen LogP contribution >= 0.6 is 11.6 Å². The van der Waals surface area contributed by atoms with E-state index in [4.69, 9.17) is 16.3 Å². The van der Waals surface area contributed by atoms with E-state index in [0.717, 1.165) is 23.6 Å². The highest BCUT2D eigenvalue weighted by atomic mass is 35.5. The molecule has 25 heavy (non-hydrogen) atoms. The van der Waals surface area contributed by atoms with Gasteiger partial charge in [-0.1, -0.05) is 41.9 Å². The van der Waals surface area contributed by atoms with E-state index in [1.54, 1.807) is 6.07 Å². The topological polar surface area (TPSA) is 65.9 Å². The van der Waals surface area contributed by atoms with Gasteiger partial charge in [-0.25, -0.2) is 4.99 Å². The molecule has 0 saturated carbocycles. The van der Waals surface area contributed by atoms with Crippen LogP contribution < -0.4 is 15.4 Å². The molecule has 6 heteroatoms. The zero-order valence-corrected chi connectivity index (χ0v) is 15.3. The number of guanidine groups is 1. The zero-order valence-electron chi connectivity index (χ0n) is 14.6. The summed E-state index contributed by atoms with van der Waals surface area (Å²) in [6.45, 7) is 3.82. The number of aliphatic imine (C=N–C) groups is 1. The van der Waals surface area contributed by atoms with Crippen molar-refractivity contribution in [2.45, 2.75) is 19.9 Å². The first kappa shape index (κ1) is 18.9. The van der Waals surface area contributed by atoms with Crippen LogP contribution in [0.3, 0.4) is 0 Å². The molecular weight excluding hydrogens is 338 g/mol. The maximum absolute atomic E-state index is 10.1. The highest BCUT2D eigenvalue weighted by Crippen LogP contribution is 2.29. The summed E-state index contributed by atoms with van der Waals surface area (Å²) >= 11 is 6.17. The van der Waals surface area contributed by atoms with E-state index in [1.807, 2.05) is 43.3 Å². The molecule has 0 saturated heterocycles. The third-order valence-electron chi connectivity index (χ3n) is 3.70. The first-order chi connectivity index (χ1) is 12.2. The van der Waals surface area contributed by atoms with Gasteiger partial charge >= 0.3 is 0 Å². The molecule has 0 aliphatic heterocycles. The smallest absolute Gasteiger partial charge is 0.191 e. The number of rotatable bonds is 7. The summed E-state index contributed by atoms with van der Waals surface area (Å²) < 4.78 is 5.12. The molecule has 0 aliphatic carbocycles. The van der Waals surface area contributed by atoms with Gasteiger partial charge in [0, 0.05) is 23.7 Å². The van der Waals surface area contributed by atoms with E-state index in [-0.39, 0.29) is 5.75 Å². The van der Waals surface area contributed by atoms with Gasteiger partial charge in [0.2, 0.25) is 0 Å². The third-order valence-corrected chi connectivity index (χ3v) is 4.07. The number of hydrogen-bond acceptors (Lipinski definition) is 3. The lowest BCUT2D eigenvalue weighted by Gasteiger charge is -2.12. The standard InChI is InChI=1S/C19H24ClN3O2/c1-3-21-19(22-12-11-14-7-4-5-9-16(14)20)23-13-15-8-6-10-17(25-2)18(15)24/h4-10,24H,3,11-13H2,1-2H3,(H2,21,22,23). The van der Waals surface area contributed by atoms with Crippen LogP contribution in [0.4, 0.5) is 0 Å². The van der Waals surface area contributed by atoms with Gasteiger partial charge < -0.3 is 20.5 Å². The summed E-state index contributed by atoms with van der Waals surface area (Å²) in [7, 11) is 1.53. The molecule has 2 aromatic rings. The van der Waals surface area contributed by atoms with Crippen LogP contribution in [0.2, 0.25) is 5.02 Å². The van der Waals surface area contributed by atoms with Crippen molar-refractivity contribution in [1.82, 2.24) is 10.6 Å². The van der Waals surface area contributed by atoms with E-state index in [1.165, 1.54) is 7.11 Å². The van der Waals surface area contributed by atoms with Gasteiger partial charge in [0.1, 0.15) is 0 Å². The fourth-order valence-electron chi connectivity index (χ4n) is 2.38. The number of nitrogens with one attached hydrogen (secondary N) is 2. The van der Waals surface area contributed by atoms with Gasteiger partial charge in [-0.05, 0) is 31.0 Å². The van der Waals surface area contributed by atoms with Crippen molar-refractivity contribution >= 4 is 17.6 Å². The molecule has 0 heterocycles. The number of halogens is 1. The second kappa shape index (κ2) is 9.79. The van der Waals surface area contributed by atoms with E-state index >= 15 is 0 Å². The van der Waals surface area contributed by atoms with Gasteiger partial charge in [0.25, 0.3) is 0 Å². The van der Waals surface area contributed by atoms with Gasteiger partial charge in [-0.2, -0.15) is 0 Å². The normalized spacial score (nSPS) is 11.2. The average molecular weight is 362 g/mol. The Morgan fingerprint density at radius 2 is 1.88 bits per heavy atom. The van der Waals surface area contributed by atoms with E-state index < -0.39 is 0 Å². The van der Waals surface area contributed by atoms with E-state index in [0.29, 0.717) is 30.4 Å². The maximum atomic E-state index is 10.1. The quantitative estimate of drug-likeness (QED) is 0.522. The van der Waals surface area contributed by atoms with Crippen LogP contribution in [0.25, 0.3) is 0 Å². The molecule has 0 atom stereocenters. The molecule has 0 amide bonds. The van der Waals surface area contributed by atoms with Crippen LogP contribution in [0.15, 0.2) is 47.5 Å². The minimum atomic E-state index is 0.126. The molecule has 0 spiro atoms. The number of para-hydroxylation sites is 1. The predicted molar refractivity (Wildman–Crippen MR) is 103 cm³/mol. The van der Waals surface area contributed by atoms with Gasteiger partial charge in [0.15, 0.2) is 17.5 Å². The molecule has 2 aromatic carbocycles. The van der Waals surface area contributed by atoms with Crippen LogP contribution in [0.5, 0.6) is 11.5 Å². The highest BCUT2D eigenvalue weighted by molar-refractivity contribution is 6.31. The summed E-state index contributed by atoms with van der Waals surface area (Å²) in [6, 6.07) is 13.2. The number of methoxy groups -OCH3 is 1. The lowest BCUT2D eigenvalue weighted by molar-refractivity contribution is 0.370. The molecule has 2 rings (SSSR count). The highest BCUT2D eigenvalue weighted by Gasteiger charge is 2.07. The lowest BCUT2D eigenvalue weighted by atomic mass is 10.1. The minimum absolute atomic E-state index is 0.126. The molecule has 0 bridgehead atoms.